The molecule has 0 saturated carbocycles. The molecule has 0 fully saturated rings. The van der Waals surface area contributed by atoms with Crippen molar-refractivity contribution in [3.05, 3.63) is 63.9 Å². The van der Waals surface area contributed by atoms with E-state index in [9.17, 15) is 14.0 Å². The Hall–Kier alpha value is -2.40. The molecule has 0 bridgehead atoms. The Balaban J connectivity index is 1.99. The zero-order valence-corrected chi connectivity index (χ0v) is 15.9. The predicted molar refractivity (Wildman–Crippen MR) is 102 cm³/mol. The fraction of sp³-hybridized carbons (Fsp3) is 0.300. The lowest BCUT2D eigenvalue weighted by molar-refractivity contribution is -0.132. The maximum absolute atomic E-state index is 13.0. The van der Waals surface area contributed by atoms with Crippen LogP contribution in [0.4, 0.5) is 10.1 Å². The van der Waals surface area contributed by atoms with Gasteiger partial charge in [-0.2, -0.15) is 0 Å². The van der Waals surface area contributed by atoms with Gasteiger partial charge in [0.1, 0.15) is 5.82 Å². The predicted octanol–water partition coefficient (Wildman–Crippen LogP) is 4.13. The van der Waals surface area contributed by atoms with Crippen molar-refractivity contribution in [1.82, 2.24) is 4.90 Å². The lowest BCUT2D eigenvalue weighted by atomic mass is 10.1. The van der Waals surface area contributed by atoms with E-state index in [0.29, 0.717) is 23.7 Å². The lowest BCUT2D eigenvalue weighted by Gasteiger charge is -2.21. The monoisotopic (exact) mass is 376 g/mol. The van der Waals surface area contributed by atoms with Crippen LogP contribution in [0, 0.1) is 19.7 Å². The first kappa shape index (κ1) is 19.9. The fourth-order valence-electron chi connectivity index (χ4n) is 2.69. The molecule has 1 N–H and O–H groups in total. The van der Waals surface area contributed by atoms with Gasteiger partial charge in [-0.05, 0) is 55.2 Å². The van der Waals surface area contributed by atoms with E-state index < -0.39 is 0 Å². The molecule has 0 aliphatic carbocycles. The third-order valence-electron chi connectivity index (χ3n) is 4.06. The number of benzene rings is 2. The van der Waals surface area contributed by atoms with Crippen molar-refractivity contribution >= 4 is 29.1 Å². The van der Waals surface area contributed by atoms with Crippen molar-refractivity contribution < 1.29 is 14.0 Å². The SMILES string of the molecule is CC(=O)N(CCc1ccc(F)cc1)CC(=O)Nc1c(C)cc(C)cc1Cl. The number of nitrogens with one attached hydrogen (secondary N) is 1. The Kier molecular flexibility index (Phi) is 6.75. The standard InChI is InChI=1S/C20H22ClFN2O2/c1-13-10-14(2)20(18(21)11-13)23-19(26)12-24(15(3)25)9-8-16-4-6-17(22)7-5-16/h4-7,10-11H,8-9,12H2,1-3H3,(H,23,26). The van der Waals surface area contributed by atoms with Crippen LogP contribution in [0.3, 0.4) is 0 Å². The van der Waals surface area contributed by atoms with Gasteiger partial charge in [-0.25, -0.2) is 4.39 Å². The fourth-order valence-corrected chi connectivity index (χ4v) is 3.06. The highest BCUT2D eigenvalue weighted by Crippen LogP contribution is 2.27. The first-order chi connectivity index (χ1) is 12.3. The van der Waals surface area contributed by atoms with E-state index in [-0.39, 0.29) is 24.2 Å². The quantitative estimate of drug-likeness (QED) is 0.824. The molecular formula is C20H22ClFN2O2. The molecule has 26 heavy (non-hydrogen) atoms. The summed E-state index contributed by atoms with van der Waals surface area (Å²) >= 11 is 6.21. The molecule has 0 radical (unpaired) electrons. The van der Waals surface area contributed by atoms with Gasteiger partial charge in [-0.3, -0.25) is 9.59 Å². The van der Waals surface area contributed by atoms with Gasteiger partial charge in [-0.15, -0.1) is 0 Å². The maximum atomic E-state index is 13.0. The van der Waals surface area contributed by atoms with E-state index in [1.54, 1.807) is 18.2 Å². The minimum absolute atomic E-state index is 0.0693. The lowest BCUT2D eigenvalue weighted by Crippen LogP contribution is -2.38. The summed E-state index contributed by atoms with van der Waals surface area (Å²) in [5, 5.41) is 3.25. The van der Waals surface area contributed by atoms with Crippen LogP contribution >= 0.6 is 11.6 Å². The summed E-state index contributed by atoms with van der Waals surface area (Å²) in [6.45, 7) is 5.51. The Bertz CT molecular complexity index is 783. The van der Waals surface area contributed by atoms with Crippen LogP contribution in [0.15, 0.2) is 36.4 Å². The zero-order chi connectivity index (χ0) is 19.3. The van der Waals surface area contributed by atoms with Crippen LogP contribution in [0.1, 0.15) is 23.6 Å². The Morgan fingerprint density at radius 1 is 1.15 bits per heavy atom. The largest absolute Gasteiger partial charge is 0.333 e. The number of anilines is 1. The summed E-state index contributed by atoms with van der Waals surface area (Å²) in [5.41, 5.74) is 3.33. The van der Waals surface area contributed by atoms with Crippen LogP contribution in [-0.2, 0) is 16.0 Å². The number of carbonyl (C=O) groups excluding carboxylic acids is 2. The molecule has 2 aromatic carbocycles. The number of amides is 2. The molecule has 4 nitrogen and oxygen atoms in total. The van der Waals surface area contributed by atoms with Gasteiger partial charge in [0.2, 0.25) is 11.8 Å². The molecule has 2 rings (SSSR count). The van der Waals surface area contributed by atoms with Gasteiger partial charge < -0.3 is 10.2 Å². The van der Waals surface area contributed by atoms with Gasteiger partial charge in [0.05, 0.1) is 17.3 Å². The average Bonchev–Trinajstić information content (AvgIpc) is 2.56. The second-order valence-corrected chi connectivity index (χ2v) is 6.71. The minimum Gasteiger partial charge on any atom is -0.333 e. The Morgan fingerprint density at radius 2 is 1.81 bits per heavy atom. The molecule has 6 heteroatoms. The number of hydrogen-bond donors (Lipinski definition) is 1. The number of halogens is 2. The van der Waals surface area contributed by atoms with E-state index in [1.807, 2.05) is 19.9 Å². The second-order valence-electron chi connectivity index (χ2n) is 6.30. The summed E-state index contributed by atoms with van der Waals surface area (Å²) in [5.74, 6) is -0.816. The summed E-state index contributed by atoms with van der Waals surface area (Å²) in [6.07, 6.45) is 0.539. The Morgan fingerprint density at radius 3 is 2.38 bits per heavy atom. The first-order valence-electron chi connectivity index (χ1n) is 8.33. The van der Waals surface area contributed by atoms with Gasteiger partial charge >= 0.3 is 0 Å². The third kappa shape index (κ3) is 5.56. The van der Waals surface area contributed by atoms with Crippen LogP contribution in [-0.4, -0.2) is 29.8 Å². The number of hydrogen-bond acceptors (Lipinski definition) is 2. The van der Waals surface area contributed by atoms with Crippen molar-refractivity contribution in [2.24, 2.45) is 0 Å². The molecule has 2 amide bonds. The molecule has 0 aliphatic heterocycles. The minimum atomic E-state index is -0.312. The maximum Gasteiger partial charge on any atom is 0.244 e. The third-order valence-corrected chi connectivity index (χ3v) is 4.36. The second kappa shape index (κ2) is 8.81. The Labute approximate surface area is 158 Å². The van der Waals surface area contributed by atoms with Crippen LogP contribution in [0.2, 0.25) is 5.02 Å². The number of rotatable bonds is 6. The van der Waals surface area contributed by atoms with Crippen molar-refractivity contribution in [3.8, 4) is 0 Å². The average molecular weight is 377 g/mol. The molecule has 0 aliphatic rings. The van der Waals surface area contributed by atoms with Gasteiger partial charge in [-0.1, -0.05) is 29.8 Å². The number of nitrogens with zero attached hydrogens (tertiary/aromatic N) is 1. The van der Waals surface area contributed by atoms with E-state index >= 15 is 0 Å². The van der Waals surface area contributed by atoms with Crippen LogP contribution in [0.5, 0.6) is 0 Å². The topological polar surface area (TPSA) is 49.4 Å². The van der Waals surface area contributed by atoms with Crippen molar-refractivity contribution in [2.75, 3.05) is 18.4 Å². The summed E-state index contributed by atoms with van der Waals surface area (Å²) in [7, 11) is 0. The molecule has 0 heterocycles. The molecule has 0 saturated heterocycles. The van der Waals surface area contributed by atoms with Crippen molar-refractivity contribution in [3.63, 3.8) is 0 Å². The molecule has 0 aromatic heterocycles. The highest BCUT2D eigenvalue weighted by Gasteiger charge is 2.16. The van der Waals surface area contributed by atoms with Crippen LogP contribution in [0.25, 0.3) is 0 Å². The molecule has 0 atom stereocenters. The molecule has 138 valence electrons. The normalized spacial score (nSPS) is 10.5. The van der Waals surface area contributed by atoms with E-state index in [2.05, 4.69) is 5.32 Å². The van der Waals surface area contributed by atoms with Crippen molar-refractivity contribution in [2.45, 2.75) is 27.2 Å². The van der Waals surface area contributed by atoms with Gasteiger partial charge in [0, 0.05) is 13.5 Å². The molecular weight excluding hydrogens is 355 g/mol. The highest BCUT2D eigenvalue weighted by atomic mass is 35.5. The van der Waals surface area contributed by atoms with Crippen molar-refractivity contribution in [1.29, 1.82) is 0 Å². The van der Waals surface area contributed by atoms with E-state index in [0.717, 1.165) is 16.7 Å². The number of aryl methyl sites for hydroxylation is 2. The number of carbonyl (C=O) groups is 2. The van der Waals surface area contributed by atoms with Gasteiger partial charge in [0.25, 0.3) is 0 Å². The molecule has 2 aromatic rings. The summed E-state index contributed by atoms with van der Waals surface area (Å²) < 4.78 is 13.0. The van der Waals surface area contributed by atoms with E-state index in [4.69, 9.17) is 11.6 Å². The zero-order valence-electron chi connectivity index (χ0n) is 15.1. The summed E-state index contributed by atoms with van der Waals surface area (Å²) in [6, 6.07) is 9.80. The molecule has 0 unspecified atom stereocenters. The van der Waals surface area contributed by atoms with Gasteiger partial charge in [0.15, 0.2) is 0 Å². The molecule has 0 spiro atoms. The van der Waals surface area contributed by atoms with E-state index in [1.165, 1.54) is 24.0 Å². The van der Waals surface area contributed by atoms with Crippen LogP contribution < -0.4 is 5.32 Å². The smallest absolute Gasteiger partial charge is 0.244 e. The summed E-state index contributed by atoms with van der Waals surface area (Å²) in [4.78, 5) is 25.7. The highest BCUT2D eigenvalue weighted by molar-refractivity contribution is 6.34. The first-order valence-corrected chi connectivity index (χ1v) is 8.70.